The number of nitro groups is 1. The Labute approximate surface area is 121 Å². The number of nitrogens with one attached hydrogen (secondary N) is 1. The molecule has 0 aliphatic heterocycles. The fraction of sp³-hybridized carbons (Fsp3) is 0.667. The standard InChI is InChI=1S/C15H25N3O2/c1-2-3-4-5-6-7-8-9-12-16-15-11-10-14(13-17-15)18(19)20/h10-11,13H,2-9,12H2,1H3,(H,16,17). The highest BCUT2D eigenvalue weighted by Crippen LogP contribution is 2.12. The molecule has 0 bridgehead atoms. The van der Waals surface area contributed by atoms with Crippen molar-refractivity contribution < 1.29 is 4.92 Å². The number of anilines is 1. The predicted octanol–water partition coefficient (Wildman–Crippen LogP) is 4.54. The van der Waals surface area contributed by atoms with Gasteiger partial charge < -0.3 is 5.32 Å². The highest BCUT2D eigenvalue weighted by atomic mass is 16.6. The summed E-state index contributed by atoms with van der Waals surface area (Å²) in [4.78, 5) is 14.1. The van der Waals surface area contributed by atoms with Gasteiger partial charge in [-0.05, 0) is 12.5 Å². The molecule has 0 aliphatic rings. The van der Waals surface area contributed by atoms with E-state index >= 15 is 0 Å². The molecule has 5 heteroatoms. The van der Waals surface area contributed by atoms with Crippen LogP contribution in [-0.4, -0.2) is 16.5 Å². The van der Waals surface area contributed by atoms with Crippen LogP contribution in [0.25, 0.3) is 0 Å². The van der Waals surface area contributed by atoms with Crippen LogP contribution >= 0.6 is 0 Å². The van der Waals surface area contributed by atoms with Crippen LogP contribution in [0, 0.1) is 10.1 Å². The van der Waals surface area contributed by atoms with Gasteiger partial charge in [-0.3, -0.25) is 10.1 Å². The van der Waals surface area contributed by atoms with Crippen LogP contribution in [0.5, 0.6) is 0 Å². The van der Waals surface area contributed by atoms with Gasteiger partial charge in [0.1, 0.15) is 12.0 Å². The number of nitrogens with zero attached hydrogens (tertiary/aromatic N) is 2. The van der Waals surface area contributed by atoms with E-state index in [0.29, 0.717) is 5.82 Å². The lowest BCUT2D eigenvalue weighted by molar-refractivity contribution is -0.385. The number of rotatable bonds is 11. The molecule has 0 saturated carbocycles. The number of hydrogen-bond donors (Lipinski definition) is 1. The maximum Gasteiger partial charge on any atom is 0.287 e. The summed E-state index contributed by atoms with van der Waals surface area (Å²) >= 11 is 0. The Hall–Kier alpha value is -1.65. The van der Waals surface area contributed by atoms with E-state index in [4.69, 9.17) is 0 Å². The molecular formula is C15H25N3O2. The van der Waals surface area contributed by atoms with Crippen LogP contribution in [0.2, 0.25) is 0 Å². The van der Waals surface area contributed by atoms with Gasteiger partial charge >= 0.3 is 0 Å². The van der Waals surface area contributed by atoms with Crippen molar-refractivity contribution in [2.45, 2.75) is 58.3 Å². The van der Waals surface area contributed by atoms with Crippen molar-refractivity contribution in [3.8, 4) is 0 Å². The summed E-state index contributed by atoms with van der Waals surface area (Å²) in [5.74, 6) is 0.707. The summed E-state index contributed by atoms with van der Waals surface area (Å²) in [7, 11) is 0. The van der Waals surface area contributed by atoms with Gasteiger partial charge in [0.05, 0.1) is 4.92 Å². The first kappa shape index (κ1) is 16.4. The summed E-state index contributed by atoms with van der Waals surface area (Å²) in [5.41, 5.74) is 0.0302. The SMILES string of the molecule is CCCCCCCCCCNc1ccc([N+](=O)[O-])cn1. The number of aromatic nitrogens is 1. The molecule has 0 atom stereocenters. The molecule has 0 amide bonds. The van der Waals surface area contributed by atoms with E-state index in [2.05, 4.69) is 17.2 Å². The first-order valence-electron chi connectivity index (χ1n) is 7.58. The van der Waals surface area contributed by atoms with Gasteiger partial charge in [-0.15, -0.1) is 0 Å². The predicted molar refractivity (Wildman–Crippen MR) is 82.0 cm³/mol. The number of pyridine rings is 1. The minimum atomic E-state index is -0.435. The minimum Gasteiger partial charge on any atom is -0.370 e. The van der Waals surface area contributed by atoms with Crippen LogP contribution in [-0.2, 0) is 0 Å². The molecule has 1 heterocycles. The Morgan fingerprint density at radius 1 is 1.10 bits per heavy atom. The van der Waals surface area contributed by atoms with Crippen LogP contribution in [0.1, 0.15) is 58.3 Å². The molecule has 0 radical (unpaired) electrons. The molecular weight excluding hydrogens is 254 g/mol. The maximum absolute atomic E-state index is 10.5. The Morgan fingerprint density at radius 3 is 2.30 bits per heavy atom. The molecule has 0 unspecified atom stereocenters. The van der Waals surface area contributed by atoms with Crippen LogP contribution in [0.4, 0.5) is 11.5 Å². The molecule has 0 aliphatic carbocycles. The van der Waals surface area contributed by atoms with Gasteiger partial charge in [0, 0.05) is 12.6 Å². The van der Waals surface area contributed by atoms with Crippen molar-refractivity contribution in [2.75, 3.05) is 11.9 Å². The third-order valence-electron chi connectivity index (χ3n) is 3.30. The fourth-order valence-corrected chi connectivity index (χ4v) is 2.07. The van der Waals surface area contributed by atoms with Crippen molar-refractivity contribution in [3.63, 3.8) is 0 Å². The van der Waals surface area contributed by atoms with Crippen molar-refractivity contribution >= 4 is 11.5 Å². The lowest BCUT2D eigenvalue weighted by Gasteiger charge is -2.05. The zero-order valence-electron chi connectivity index (χ0n) is 12.3. The average Bonchev–Trinajstić information content (AvgIpc) is 2.46. The van der Waals surface area contributed by atoms with Gasteiger partial charge in [-0.2, -0.15) is 0 Å². The van der Waals surface area contributed by atoms with E-state index in [1.165, 1.54) is 57.2 Å². The van der Waals surface area contributed by atoms with Gasteiger partial charge in [-0.25, -0.2) is 4.98 Å². The second-order valence-corrected chi connectivity index (χ2v) is 5.06. The average molecular weight is 279 g/mol. The zero-order valence-corrected chi connectivity index (χ0v) is 12.3. The van der Waals surface area contributed by atoms with Crippen molar-refractivity contribution in [2.24, 2.45) is 0 Å². The molecule has 0 aromatic carbocycles. The van der Waals surface area contributed by atoms with E-state index in [9.17, 15) is 10.1 Å². The largest absolute Gasteiger partial charge is 0.370 e. The van der Waals surface area contributed by atoms with E-state index in [1.807, 2.05) is 0 Å². The van der Waals surface area contributed by atoms with E-state index in [0.717, 1.165) is 13.0 Å². The summed E-state index contributed by atoms with van der Waals surface area (Å²) in [6.45, 7) is 3.11. The van der Waals surface area contributed by atoms with Crippen molar-refractivity contribution in [3.05, 3.63) is 28.4 Å². The third kappa shape index (κ3) is 7.07. The second kappa shape index (κ2) is 10.2. The first-order chi connectivity index (χ1) is 9.74. The lowest BCUT2D eigenvalue weighted by atomic mass is 10.1. The van der Waals surface area contributed by atoms with E-state index in [1.54, 1.807) is 6.07 Å². The summed E-state index contributed by atoms with van der Waals surface area (Å²) in [6.07, 6.45) is 11.6. The summed E-state index contributed by atoms with van der Waals surface area (Å²) < 4.78 is 0. The summed E-state index contributed by atoms with van der Waals surface area (Å²) in [5, 5.41) is 13.7. The topological polar surface area (TPSA) is 68.1 Å². The first-order valence-corrected chi connectivity index (χ1v) is 7.58. The minimum absolute atomic E-state index is 0.0302. The number of hydrogen-bond acceptors (Lipinski definition) is 4. The molecule has 0 spiro atoms. The highest BCUT2D eigenvalue weighted by molar-refractivity contribution is 5.39. The van der Waals surface area contributed by atoms with Gasteiger partial charge in [0.15, 0.2) is 0 Å². The van der Waals surface area contributed by atoms with Gasteiger partial charge in [0.2, 0.25) is 0 Å². The third-order valence-corrected chi connectivity index (χ3v) is 3.30. The van der Waals surface area contributed by atoms with Crippen LogP contribution in [0.15, 0.2) is 18.3 Å². The number of unbranched alkanes of at least 4 members (excludes halogenated alkanes) is 7. The van der Waals surface area contributed by atoms with Crippen LogP contribution < -0.4 is 5.32 Å². The van der Waals surface area contributed by atoms with Crippen LogP contribution in [0.3, 0.4) is 0 Å². The Balaban J connectivity index is 2.02. The van der Waals surface area contributed by atoms with E-state index in [-0.39, 0.29) is 5.69 Å². The Morgan fingerprint density at radius 2 is 1.75 bits per heavy atom. The van der Waals surface area contributed by atoms with Gasteiger partial charge in [0.25, 0.3) is 5.69 Å². The molecule has 20 heavy (non-hydrogen) atoms. The summed E-state index contributed by atoms with van der Waals surface area (Å²) in [6, 6.07) is 3.13. The molecule has 1 N–H and O–H groups in total. The van der Waals surface area contributed by atoms with Gasteiger partial charge in [-0.1, -0.05) is 51.9 Å². The molecule has 5 nitrogen and oxygen atoms in total. The lowest BCUT2D eigenvalue weighted by Crippen LogP contribution is -2.03. The molecule has 0 fully saturated rings. The van der Waals surface area contributed by atoms with E-state index < -0.39 is 4.92 Å². The molecule has 1 rings (SSSR count). The molecule has 112 valence electrons. The Bertz CT molecular complexity index is 379. The highest BCUT2D eigenvalue weighted by Gasteiger charge is 2.04. The fourth-order valence-electron chi connectivity index (χ4n) is 2.07. The quantitative estimate of drug-likeness (QED) is 0.367. The molecule has 0 saturated heterocycles. The second-order valence-electron chi connectivity index (χ2n) is 5.06. The monoisotopic (exact) mass is 279 g/mol. The Kier molecular flexibility index (Phi) is 8.35. The van der Waals surface area contributed by atoms with Crippen molar-refractivity contribution in [1.82, 2.24) is 4.98 Å². The zero-order chi connectivity index (χ0) is 14.6. The smallest absolute Gasteiger partial charge is 0.287 e. The van der Waals surface area contributed by atoms with Crippen molar-refractivity contribution in [1.29, 1.82) is 0 Å². The molecule has 1 aromatic rings. The normalized spacial score (nSPS) is 10.4. The molecule has 1 aromatic heterocycles. The maximum atomic E-state index is 10.5.